The number of hydrogen-bond acceptors (Lipinski definition) is 6. The fourth-order valence-corrected chi connectivity index (χ4v) is 7.73. The molecule has 3 aromatic heterocycles. The van der Waals surface area contributed by atoms with Crippen molar-refractivity contribution in [2.24, 2.45) is 4.99 Å². The summed E-state index contributed by atoms with van der Waals surface area (Å²) >= 11 is 0. The molecule has 0 saturated carbocycles. The van der Waals surface area contributed by atoms with Crippen molar-refractivity contribution < 1.29 is 13.3 Å². The van der Waals surface area contributed by atoms with E-state index in [9.17, 15) is 0 Å². The van der Waals surface area contributed by atoms with Crippen LogP contribution in [0.2, 0.25) is 0 Å². The molecule has 10 aromatic rings. The molecule has 7 aromatic carbocycles. The lowest BCUT2D eigenvalue weighted by molar-refractivity contribution is 0.408. The maximum Gasteiger partial charge on any atom is 0.143 e. The van der Waals surface area contributed by atoms with Gasteiger partial charge in [-0.25, -0.2) is 4.99 Å². The Kier molecular flexibility index (Phi) is 6.05. The highest BCUT2D eigenvalue weighted by Crippen LogP contribution is 2.41. The molecule has 51 heavy (non-hydrogen) atoms. The first-order chi connectivity index (χ1) is 25.2. The number of aliphatic imine (C=N–C) groups is 1. The molecule has 2 atom stereocenters. The van der Waals surface area contributed by atoms with E-state index in [1.54, 1.807) is 0 Å². The number of furan rings is 3. The van der Waals surface area contributed by atoms with Gasteiger partial charge in [0.15, 0.2) is 0 Å². The molecule has 0 spiro atoms. The summed E-state index contributed by atoms with van der Waals surface area (Å²) in [6.07, 6.45) is -0.582. The van der Waals surface area contributed by atoms with Gasteiger partial charge >= 0.3 is 0 Å². The van der Waals surface area contributed by atoms with Crippen LogP contribution in [-0.2, 0) is 0 Å². The molecule has 6 heteroatoms. The van der Waals surface area contributed by atoms with Crippen LogP contribution in [-0.4, -0.2) is 5.84 Å². The van der Waals surface area contributed by atoms with Crippen molar-refractivity contribution in [2.45, 2.75) is 12.3 Å². The number of rotatable bonds is 4. The van der Waals surface area contributed by atoms with E-state index in [-0.39, 0.29) is 12.3 Å². The van der Waals surface area contributed by atoms with E-state index in [4.69, 9.17) is 18.2 Å². The van der Waals surface area contributed by atoms with Crippen molar-refractivity contribution in [2.75, 3.05) is 0 Å². The van der Waals surface area contributed by atoms with Crippen LogP contribution in [0.4, 0.5) is 0 Å². The minimum Gasteiger partial charge on any atom is -0.456 e. The lowest BCUT2D eigenvalue weighted by Crippen LogP contribution is -2.45. The highest BCUT2D eigenvalue weighted by atomic mass is 16.3. The smallest absolute Gasteiger partial charge is 0.143 e. The van der Waals surface area contributed by atoms with Crippen molar-refractivity contribution in [3.05, 3.63) is 168 Å². The second kappa shape index (κ2) is 10.9. The molecule has 0 aliphatic carbocycles. The molecule has 6 nitrogen and oxygen atoms in total. The van der Waals surface area contributed by atoms with E-state index in [0.717, 1.165) is 99.5 Å². The first-order valence-corrected chi connectivity index (χ1v) is 17.2. The summed E-state index contributed by atoms with van der Waals surface area (Å²) in [6, 6.07) is 52.1. The summed E-state index contributed by atoms with van der Waals surface area (Å²) in [7, 11) is 0. The molecule has 1 aliphatic rings. The number of amidine groups is 1. The van der Waals surface area contributed by atoms with Crippen LogP contribution in [0.1, 0.15) is 29.0 Å². The fourth-order valence-electron chi connectivity index (χ4n) is 7.73. The van der Waals surface area contributed by atoms with Gasteiger partial charge in [-0.3, -0.25) is 5.32 Å². The number of benzene rings is 7. The number of nitrogens with one attached hydrogen (secondary N) is 2. The molecule has 2 N–H and O–H groups in total. The third kappa shape index (κ3) is 4.43. The predicted octanol–water partition coefficient (Wildman–Crippen LogP) is 11.4. The van der Waals surface area contributed by atoms with Gasteiger partial charge in [0.05, 0.1) is 0 Å². The van der Waals surface area contributed by atoms with Crippen LogP contribution >= 0.6 is 0 Å². The Morgan fingerprint density at radius 3 is 1.94 bits per heavy atom. The highest BCUT2D eigenvalue weighted by Gasteiger charge is 2.28. The molecule has 0 amide bonds. The van der Waals surface area contributed by atoms with Gasteiger partial charge in [-0.15, -0.1) is 0 Å². The molecule has 0 radical (unpaired) electrons. The zero-order chi connectivity index (χ0) is 33.5. The maximum absolute atomic E-state index is 6.92. The van der Waals surface area contributed by atoms with Gasteiger partial charge in [0.25, 0.3) is 0 Å². The molecule has 1 aliphatic heterocycles. The topological polar surface area (TPSA) is 75.8 Å². The Balaban J connectivity index is 1.04. The van der Waals surface area contributed by atoms with Crippen LogP contribution in [0.3, 0.4) is 0 Å². The van der Waals surface area contributed by atoms with Gasteiger partial charge in [0.2, 0.25) is 0 Å². The SMILES string of the molecule is c1ccc(C2N=C(c3ccc4c(c3)oc3ccccc34)NC(c3cccc4c3oc3c(-c5ccc6oc7ccccc7c6c5)cccc34)N2)cc1. The number of fused-ring (bicyclic) bond motifs is 9. The zero-order valence-electron chi connectivity index (χ0n) is 27.3. The van der Waals surface area contributed by atoms with Gasteiger partial charge in [-0.2, -0.15) is 0 Å². The predicted molar refractivity (Wildman–Crippen MR) is 205 cm³/mol. The molecule has 2 unspecified atom stereocenters. The average molecular weight is 660 g/mol. The van der Waals surface area contributed by atoms with E-state index < -0.39 is 0 Å². The standard InChI is InChI=1S/C45H29N3O3/c1-2-10-26(11-3-1)43-46-44(28-20-22-32-30-12-4-6-18-37(30)50-40(32)25-28)48-45(47-43)35-17-9-16-34-33-15-8-14-29(41(33)51-42(34)35)27-21-23-39-36(24-27)31-13-5-7-19-38(31)49-39/h1-25,43,45,47H,(H,46,48). The van der Waals surface area contributed by atoms with Crippen molar-refractivity contribution in [1.29, 1.82) is 0 Å². The second-order valence-corrected chi connectivity index (χ2v) is 13.2. The molecule has 242 valence electrons. The summed E-state index contributed by atoms with van der Waals surface area (Å²) in [5.74, 6) is 0.782. The van der Waals surface area contributed by atoms with Gasteiger partial charge in [0.1, 0.15) is 51.7 Å². The Morgan fingerprint density at radius 1 is 0.451 bits per heavy atom. The third-order valence-corrected chi connectivity index (χ3v) is 10.2. The first kappa shape index (κ1) is 28.2. The lowest BCUT2D eigenvalue weighted by atomic mass is 9.99. The second-order valence-electron chi connectivity index (χ2n) is 13.2. The van der Waals surface area contributed by atoms with Gasteiger partial charge < -0.3 is 18.6 Å². The third-order valence-electron chi connectivity index (χ3n) is 10.2. The molecule has 4 heterocycles. The highest BCUT2D eigenvalue weighted by molar-refractivity contribution is 6.13. The molecular weight excluding hydrogens is 631 g/mol. The monoisotopic (exact) mass is 659 g/mol. The summed E-state index contributed by atoms with van der Waals surface area (Å²) in [5, 5.41) is 14.0. The minimum atomic E-state index is -0.296. The maximum atomic E-state index is 6.92. The van der Waals surface area contributed by atoms with Crippen molar-refractivity contribution in [3.8, 4) is 11.1 Å². The fraction of sp³-hybridized carbons (Fsp3) is 0.0444. The lowest BCUT2D eigenvalue weighted by Gasteiger charge is -2.32. The summed E-state index contributed by atoms with van der Waals surface area (Å²) < 4.78 is 19.3. The zero-order valence-corrected chi connectivity index (χ0v) is 27.3. The Labute approximate surface area is 291 Å². The normalized spacial score (nSPS) is 16.4. The van der Waals surface area contributed by atoms with Crippen LogP contribution in [0.15, 0.2) is 170 Å². The largest absolute Gasteiger partial charge is 0.456 e. The van der Waals surface area contributed by atoms with Crippen molar-refractivity contribution >= 4 is 71.7 Å². The van der Waals surface area contributed by atoms with Crippen molar-refractivity contribution in [1.82, 2.24) is 10.6 Å². The number of hydrogen-bond donors (Lipinski definition) is 2. The Hall–Kier alpha value is -6.63. The summed E-state index contributed by atoms with van der Waals surface area (Å²) in [4.78, 5) is 5.19. The van der Waals surface area contributed by atoms with Crippen LogP contribution < -0.4 is 10.6 Å². The molecular formula is C45H29N3O3. The Morgan fingerprint density at radius 2 is 1.10 bits per heavy atom. The molecule has 0 fully saturated rings. The van der Waals surface area contributed by atoms with Crippen LogP contribution in [0, 0.1) is 0 Å². The number of para-hydroxylation sites is 4. The molecule has 0 bridgehead atoms. The minimum absolute atomic E-state index is 0.287. The molecule has 11 rings (SSSR count). The summed E-state index contributed by atoms with van der Waals surface area (Å²) in [6.45, 7) is 0. The van der Waals surface area contributed by atoms with E-state index in [0.29, 0.717) is 0 Å². The van der Waals surface area contributed by atoms with Crippen molar-refractivity contribution in [3.63, 3.8) is 0 Å². The first-order valence-electron chi connectivity index (χ1n) is 17.2. The van der Waals surface area contributed by atoms with E-state index in [1.165, 1.54) is 0 Å². The van der Waals surface area contributed by atoms with Gasteiger partial charge in [0, 0.05) is 49.0 Å². The van der Waals surface area contributed by atoms with E-state index >= 15 is 0 Å². The van der Waals surface area contributed by atoms with E-state index in [1.807, 2.05) is 36.4 Å². The Bertz CT molecular complexity index is 3000. The van der Waals surface area contributed by atoms with Gasteiger partial charge in [-0.05, 0) is 47.5 Å². The van der Waals surface area contributed by atoms with Crippen LogP contribution in [0.5, 0.6) is 0 Å². The summed E-state index contributed by atoms with van der Waals surface area (Å²) in [5.41, 5.74) is 10.3. The van der Waals surface area contributed by atoms with Gasteiger partial charge in [-0.1, -0.05) is 115 Å². The van der Waals surface area contributed by atoms with E-state index in [2.05, 4.69) is 126 Å². The molecule has 0 saturated heterocycles. The quantitative estimate of drug-likeness (QED) is 0.197. The number of nitrogens with zero attached hydrogens (tertiary/aromatic N) is 1. The van der Waals surface area contributed by atoms with Crippen LogP contribution in [0.25, 0.3) is 76.9 Å². The average Bonchev–Trinajstić information content (AvgIpc) is 3.88.